The van der Waals surface area contributed by atoms with E-state index < -0.39 is 6.72 Å². The molecule has 0 amide bonds. The van der Waals surface area contributed by atoms with Gasteiger partial charge in [0.25, 0.3) is 0 Å². The van der Waals surface area contributed by atoms with Crippen molar-refractivity contribution in [2.45, 2.75) is 13.5 Å². The number of pyridine rings is 1. The van der Waals surface area contributed by atoms with Gasteiger partial charge >= 0.3 is 6.72 Å². The molecule has 14 heavy (non-hydrogen) atoms. The first-order chi connectivity index (χ1) is 6.63. The summed E-state index contributed by atoms with van der Waals surface area (Å²) < 4.78 is 15.7. The monoisotopic (exact) mass is 231 g/mol. The topological polar surface area (TPSA) is 40.6 Å². The Bertz CT molecular complexity index is 410. The number of aryl methyl sites for hydroxylation is 1. The van der Waals surface area contributed by atoms with E-state index in [2.05, 4.69) is 4.98 Å². The van der Waals surface area contributed by atoms with E-state index in [1.54, 1.807) is 6.20 Å². The lowest BCUT2D eigenvalue weighted by Crippen LogP contribution is -2.09. The van der Waals surface area contributed by atoms with Gasteiger partial charge in [-0.3, -0.25) is 4.52 Å². The highest BCUT2D eigenvalue weighted by Gasteiger charge is 2.28. The van der Waals surface area contributed by atoms with Gasteiger partial charge in [-0.2, -0.15) is 0 Å². The molecule has 0 aromatic carbocycles. The smallest absolute Gasteiger partial charge is 0.381 e. The molecule has 4 nitrogen and oxygen atoms in total. The summed E-state index contributed by atoms with van der Waals surface area (Å²) in [5, 5.41) is 0. The molecule has 1 atom stereocenters. The molecule has 0 radical (unpaired) electrons. The predicted octanol–water partition coefficient (Wildman–Crippen LogP) is 2.17. The lowest BCUT2D eigenvalue weighted by molar-refractivity contribution is 0.199. The number of hydrogen-bond donors (Lipinski definition) is 0. The fraction of sp³-hybridized carbons (Fsp3) is 0.375. The molecule has 1 aliphatic heterocycles. The molecule has 0 saturated heterocycles. The van der Waals surface area contributed by atoms with Gasteiger partial charge in [0.15, 0.2) is 0 Å². The number of aromatic nitrogens is 1. The maximum Gasteiger partial charge on any atom is 0.381 e. The van der Waals surface area contributed by atoms with Crippen LogP contribution >= 0.6 is 6.72 Å². The summed E-state index contributed by atoms with van der Waals surface area (Å²) in [4.78, 5) is 4.14. The molecule has 1 unspecified atom stereocenters. The lowest BCUT2D eigenvalue weighted by Gasteiger charge is -2.25. The van der Waals surface area contributed by atoms with Crippen LogP contribution in [0.1, 0.15) is 11.1 Å². The SMILES string of the molecule is COP1(=S)OCc2cc(C)cnc2O1. The van der Waals surface area contributed by atoms with Crippen molar-refractivity contribution in [2.24, 2.45) is 0 Å². The van der Waals surface area contributed by atoms with Crippen molar-refractivity contribution < 1.29 is 13.6 Å². The van der Waals surface area contributed by atoms with Crippen LogP contribution in [0.4, 0.5) is 0 Å². The first kappa shape index (κ1) is 10.1. The quantitative estimate of drug-likeness (QED) is 0.693. The van der Waals surface area contributed by atoms with Crippen LogP contribution in [0.3, 0.4) is 0 Å². The highest BCUT2D eigenvalue weighted by atomic mass is 32.5. The first-order valence-electron chi connectivity index (χ1n) is 4.08. The summed E-state index contributed by atoms with van der Waals surface area (Å²) in [7, 11) is 1.49. The summed E-state index contributed by atoms with van der Waals surface area (Å²) >= 11 is 5.07. The van der Waals surface area contributed by atoms with Gasteiger partial charge in [-0.15, -0.1) is 0 Å². The van der Waals surface area contributed by atoms with Crippen molar-refractivity contribution in [3.63, 3.8) is 0 Å². The van der Waals surface area contributed by atoms with Crippen LogP contribution in [-0.4, -0.2) is 12.1 Å². The van der Waals surface area contributed by atoms with E-state index in [4.69, 9.17) is 25.4 Å². The van der Waals surface area contributed by atoms with Crippen molar-refractivity contribution in [3.05, 3.63) is 23.4 Å². The molecule has 2 heterocycles. The van der Waals surface area contributed by atoms with E-state index in [1.165, 1.54) is 7.11 Å². The largest absolute Gasteiger partial charge is 0.405 e. The normalized spacial score (nSPS) is 25.3. The maximum atomic E-state index is 5.39. The van der Waals surface area contributed by atoms with Gasteiger partial charge < -0.3 is 9.05 Å². The Kier molecular flexibility index (Phi) is 2.58. The number of rotatable bonds is 1. The Morgan fingerprint density at radius 1 is 1.64 bits per heavy atom. The minimum Gasteiger partial charge on any atom is -0.405 e. The third-order valence-corrected chi connectivity index (χ3v) is 4.14. The summed E-state index contributed by atoms with van der Waals surface area (Å²) in [5.41, 5.74) is 1.99. The predicted molar refractivity (Wildman–Crippen MR) is 55.7 cm³/mol. The zero-order valence-electron chi connectivity index (χ0n) is 7.89. The van der Waals surface area contributed by atoms with Gasteiger partial charge in [0, 0.05) is 30.7 Å². The van der Waals surface area contributed by atoms with Crippen molar-refractivity contribution in [1.29, 1.82) is 0 Å². The average Bonchev–Trinajstić information content (AvgIpc) is 2.19. The third kappa shape index (κ3) is 1.81. The van der Waals surface area contributed by atoms with Crippen LogP contribution in [0.25, 0.3) is 0 Å². The third-order valence-electron chi connectivity index (χ3n) is 1.86. The molecule has 0 N–H and O–H groups in total. The van der Waals surface area contributed by atoms with Crippen LogP contribution in [0.15, 0.2) is 12.3 Å². The number of hydrogen-bond acceptors (Lipinski definition) is 5. The van der Waals surface area contributed by atoms with E-state index in [-0.39, 0.29) is 0 Å². The Hall–Kier alpha value is -0.480. The maximum absolute atomic E-state index is 5.39. The molecule has 2 rings (SSSR count). The summed E-state index contributed by atoms with van der Waals surface area (Å²) in [6.07, 6.45) is 1.74. The standard InChI is InChI=1S/C8H10NO3PS/c1-6-3-7-5-11-13(14,10-2)12-8(7)9-4-6/h3-4H,5H2,1-2H3. The molecule has 0 aliphatic carbocycles. The molecule has 0 saturated carbocycles. The minimum atomic E-state index is -2.57. The molecular formula is C8H10NO3PS. The molecule has 0 bridgehead atoms. The zero-order valence-corrected chi connectivity index (χ0v) is 9.60. The van der Waals surface area contributed by atoms with Gasteiger partial charge in [0.05, 0.1) is 6.61 Å². The van der Waals surface area contributed by atoms with Gasteiger partial charge in [-0.25, -0.2) is 4.98 Å². The Balaban J connectivity index is 2.36. The Morgan fingerprint density at radius 2 is 2.43 bits per heavy atom. The van der Waals surface area contributed by atoms with Crippen molar-refractivity contribution in [1.82, 2.24) is 4.98 Å². The van der Waals surface area contributed by atoms with Crippen LogP contribution in [0, 0.1) is 6.92 Å². The fourth-order valence-electron chi connectivity index (χ4n) is 1.17. The molecule has 6 heteroatoms. The Morgan fingerprint density at radius 3 is 3.14 bits per heavy atom. The molecular weight excluding hydrogens is 221 g/mol. The van der Waals surface area contributed by atoms with E-state index in [0.29, 0.717) is 12.5 Å². The van der Waals surface area contributed by atoms with Gasteiger partial charge in [-0.1, -0.05) is 0 Å². The summed E-state index contributed by atoms with van der Waals surface area (Å²) in [6, 6.07) is 1.97. The zero-order chi connectivity index (χ0) is 10.2. The highest BCUT2D eigenvalue weighted by molar-refractivity contribution is 8.07. The first-order valence-corrected chi connectivity index (χ1v) is 6.64. The van der Waals surface area contributed by atoms with Crippen molar-refractivity contribution in [3.8, 4) is 5.88 Å². The molecule has 0 fully saturated rings. The number of fused-ring (bicyclic) bond motifs is 1. The number of nitrogens with zero attached hydrogens (tertiary/aromatic N) is 1. The molecule has 1 aromatic heterocycles. The van der Waals surface area contributed by atoms with Crippen LogP contribution < -0.4 is 4.52 Å². The van der Waals surface area contributed by atoms with Gasteiger partial charge in [0.2, 0.25) is 5.88 Å². The minimum absolute atomic E-state index is 0.412. The van der Waals surface area contributed by atoms with Crippen LogP contribution in [0.5, 0.6) is 5.88 Å². The van der Waals surface area contributed by atoms with Crippen molar-refractivity contribution >= 4 is 18.5 Å². The van der Waals surface area contributed by atoms with Gasteiger partial charge in [-0.05, 0) is 18.6 Å². The molecule has 0 spiro atoms. The summed E-state index contributed by atoms with van der Waals surface area (Å²) in [5.74, 6) is 0.534. The molecule has 76 valence electrons. The summed E-state index contributed by atoms with van der Waals surface area (Å²) in [6.45, 7) is -0.193. The second-order valence-electron chi connectivity index (χ2n) is 2.97. The molecule has 1 aliphatic rings. The average molecular weight is 231 g/mol. The molecule has 1 aromatic rings. The van der Waals surface area contributed by atoms with Crippen LogP contribution in [0.2, 0.25) is 0 Å². The van der Waals surface area contributed by atoms with Crippen LogP contribution in [-0.2, 0) is 27.5 Å². The second kappa shape index (κ2) is 3.59. The van der Waals surface area contributed by atoms with Gasteiger partial charge in [0.1, 0.15) is 0 Å². The fourth-order valence-corrected chi connectivity index (χ4v) is 2.45. The van der Waals surface area contributed by atoms with E-state index >= 15 is 0 Å². The lowest BCUT2D eigenvalue weighted by atomic mass is 10.2. The second-order valence-corrected chi connectivity index (χ2v) is 6.01. The van der Waals surface area contributed by atoms with E-state index in [9.17, 15) is 0 Å². The van der Waals surface area contributed by atoms with Crippen molar-refractivity contribution in [2.75, 3.05) is 7.11 Å². The Labute approximate surface area is 87.5 Å². The highest BCUT2D eigenvalue weighted by Crippen LogP contribution is 2.53. The van der Waals surface area contributed by atoms with E-state index in [1.807, 2.05) is 13.0 Å². The van der Waals surface area contributed by atoms with E-state index in [0.717, 1.165) is 11.1 Å².